The van der Waals surface area contributed by atoms with E-state index >= 15 is 0 Å². The van der Waals surface area contributed by atoms with Crippen molar-refractivity contribution in [3.8, 4) is 0 Å². The van der Waals surface area contributed by atoms with Gasteiger partial charge in [-0.15, -0.1) is 0 Å². The van der Waals surface area contributed by atoms with Crippen LogP contribution in [0.5, 0.6) is 0 Å². The number of hydrogen-bond acceptors (Lipinski definition) is 3. The summed E-state index contributed by atoms with van der Waals surface area (Å²) in [5, 5.41) is 9.83. The van der Waals surface area contributed by atoms with E-state index in [1.54, 1.807) is 0 Å². The van der Waals surface area contributed by atoms with Gasteiger partial charge in [-0.3, -0.25) is 4.90 Å². The molecule has 1 spiro atoms. The maximum Gasteiger partial charge on any atom is 0.0594 e. The molecule has 2 fully saturated rings. The summed E-state index contributed by atoms with van der Waals surface area (Å²) in [6.07, 6.45) is 4.49. The number of likely N-dealkylation sites (tertiary alicyclic amines) is 2. The first-order valence-corrected chi connectivity index (χ1v) is 9.05. The van der Waals surface area contributed by atoms with E-state index in [4.69, 9.17) is 0 Å². The molecule has 0 saturated carbocycles. The molecule has 0 bridgehead atoms. The van der Waals surface area contributed by atoms with Crippen LogP contribution in [0.1, 0.15) is 44.2 Å². The summed E-state index contributed by atoms with van der Waals surface area (Å²) in [5.41, 5.74) is 2.74. The van der Waals surface area contributed by atoms with E-state index in [1.165, 1.54) is 50.1 Å². The summed E-state index contributed by atoms with van der Waals surface area (Å²) < 4.78 is 0. The molecule has 2 aliphatic heterocycles. The Labute approximate surface area is 141 Å². The maximum absolute atomic E-state index is 9.83. The van der Waals surface area contributed by atoms with Crippen LogP contribution in [-0.2, 0) is 13.0 Å². The second-order valence-corrected chi connectivity index (χ2v) is 8.58. The van der Waals surface area contributed by atoms with Crippen LogP contribution in [0, 0.1) is 5.41 Å². The number of rotatable bonds is 5. The van der Waals surface area contributed by atoms with E-state index in [9.17, 15) is 5.11 Å². The number of aliphatic hydroxyl groups is 1. The first-order chi connectivity index (χ1) is 10.8. The minimum atomic E-state index is -0.572. The molecule has 2 saturated heterocycles. The maximum atomic E-state index is 9.83. The summed E-state index contributed by atoms with van der Waals surface area (Å²) >= 11 is 0. The zero-order valence-corrected chi connectivity index (χ0v) is 15.0. The van der Waals surface area contributed by atoms with Gasteiger partial charge >= 0.3 is 0 Å². The van der Waals surface area contributed by atoms with E-state index in [2.05, 4.69) is 41.1 Å². The molecule has 0 radical (unpaired) electrons. The van der Waals surface area contributed by atoms with Crippen molar-refractivity contribution in [1.29, 1.82) is 0 Å². The lowest BCUT2D eigenvalue weighted by atomic mass is 9.86. The van der Waals surface area contributed by atoms with E-state index in [0.29, 0.717) is 5.41 Å². The molecule has 3 heteroatoms. The minimum absolute atomic E-state index is 0.571. The van der Waals surface area contributed by atoms with Crippen LogP contribution in [0.15, 0.2) is 24.3 Å². The van der Waals surface area contributed by atoms with Crippen LogP contribution in [-0.4, -0.2) is 53.7 Å². The third-order valence-corrected chi connectivity index (χ3v) is 5.60. The molecule has 0 aromatic heterocycles. The van der Waals surface area contributed by atoms with E-state index in [1.807, 2.05) is 13.8 Å². The van der Waals surface area contributed by atoms with Crippen LogP contribution in [0.2, 0.25) is 0 Å². The zero-order valence-electron chi connectivity index (χ0n) is 15.0. The Bertz CT molecular complexity index is 519. The van der Waals surface area contributed by atoms with Crippen LogP contribution >= 0.6 is 0 Å². The van der Waals surface area contributed by atoms with Gasteiger partial charge in [0, 0.05) is 19.6 Å². The third-order valence-electron chi connectivity index (χ3n) is 5.60. The molecule has 0 aliphatic carbocycles. The second-order valence-electron chi connectivity index (χ2n) is 8.58. The molecule has 0 amide bonds. The van der Waals surface area contributed by atoms with Gasteiger partial charge in [-0.25, -0.2) is 0 Å². The van der Waals surface area contributed by atoms with Crippen LogP contribution in [0.25, 0.3) is 0 Å². The topological polar surface area (TPSA) is 26.7 Å². The molecule has 128 valence electrons. The fourth-order valence-corrected chi connectivity index (χ4v) is 4.17. The zero-order chi connectivity index (χ0) is 16.5. The second kappa shape index (κ2) is 6.54. The van der Waals surface area contributed by atoms with Crippen molar-refractivity contribution in [3.63, 3.8) is 0 Å². The summed E-state index contributed by atoms with van der Waals surface area (Å²) in [7, 11) is 2.25. The van der Waals surface area contributed by atoms with Gasteiger partial charge in [0.15, 0.2) is 0 Å². The molecular formula is C20H32N2O. The van der Waals surface area contributed by atoms with Crippen molar-refractivity contribution in [1.82, 2.24) is 9.80 Å². The van der Waals surface area contributed by atoms with Crippen LogP contribution < -0.4 is 0 Å². The highest BCUT2D eigenvalue weighted by molar-refractivity contribution is 5.23. The fraction of sp³-hybridized carbons (Fsp3) is 0.700. The molecule has 3 rings (SSSR count). The van der Waals surface area contributed by atoms with Crippen LogP contribution in [0.4, 0.5) is 0 Å². The lowest BCUT2D eigenvalue weighted by molar-refractivity contribution is 0.0714. The van der Waals surface area contributed by atoms with Gasteiger partial charge in [0.05, 0.1) is 5.60 Å². The molecule has 1 aromatic rings. The molecule has 1 atom stereocenters. The standard InChI is InChI=1S/C20H32N2O/c1-19(2,23)9-8-17-4-6-18(7-5-17)14-22-13-11-20(16-22)10-12-21(3)15-20/h4-7,23H,8-16H2,1-3H3/t20-/m1/s1. The van der Waals surface area contributed by atoms with Crippen molar-refractivity contribution in [2.24, 2.45) is 5.41 Å². The van der Waals surface area contributed by atoms with E-state index < -0.39 is 5.60 Å². The number of hydrogen-bond donors (Lipinski definition) is 1. The van der Waals surface area contributed by atoms with Gasteiger partial charge in [-0.05, 0) is 76.2 Å². The quantitative estimate of drug-likeness (QED) is 0.905. The first-order valence-electron chi connectivity index (χ1n) is 9.05. The number of nitrogens with zero attached hydrogens (tertiary/aromatic N) is 2. The van der Waals surface area contributed by atoms with Gasteiger partial charge in [0.25, 0.3) is 0 Å². The average Bonchev–Trinajstić information content (AvgIpc) is 3.04. The molecule has 0 unspecified atom stereocenters. The summed E-state index contributed by atoms with van der Waals surface area (Å²) in [6, 6.07) is 9.00. The van der Waals surface area contributed by atoms with Crippen molar-refractivity contribution < 1.29 is 5.11 Å². The average molecular weight is 316 g/mol. The molecular weight excluding hydrogens is 284 g/mol. The summed E-state index contributed by atoms with van der Waals surface area (Å²) in [5.74, 6) is 0. The van der Waals surface area contributed by atoms with Gasteiger partial charge < -0.3 is 10.0 Å². The Morgan fingerprint density at radius 2 is 1.70 bits per heavy atom. The predicted molar refractivity (Wildman–Crippen MR) is 95.5 cm³/mol. The fourth-order valence-electron chi connectivity index (χ4n) is 4.17. The Morgan fingerprint density at radius 3 is 2.30 bits per heavy atom. The lowest BCUT2D eigenvalue weighted by Crippen LogP contribution is -2.29. The predicted octanol–water partition coefficient (Wildman–Crippen LogP) is 2.92. The highest BCUT2D eigenvalue weighted by atomic mass is 16.3. The lowest BCUT2D eigenvalue weighted by Gasteiger charge is -2.24. The Kier molecular flexibility index (Phi) is 4.82. The third kappa shape index (κ3) is 4.56. The van der Waals surface area contributed by atoms with E-state index in [0.717, 1.165) is 19.4 Å². The highest BCUT2D eigenvalue weighted by Gasteiger charge is 2.42. The Balaban J connectivity index is 1.51. The largest absolute Gasteiger partial charge is 0.390 e. The van der Waals surface area contributed by atoms with Gasteiger partial charge in [-0.2, -0.15) is 0 Å². The van der Waals surface area contributed by atoms with Crippen molar-refractivity contribution in [2.75, 3.05) is 33.2 Å². The van der Waals surface area contributed by atoms with Crippen molar-refractivity contribution in [2.45, 2.75) is 51.7 Å². The number of benzene rings is 1. The van der Waals surface area contributed by atoms with Crippen LogP contribution in [0.3, 0.4) is 0 Å². The Hall–Kier alpha value is -0.900. The van der Waals surface area contributed by atoms with Gasteiger partial charge in [-0.1, -0.05) is 24.3 Å². The smallest absolute Gasteiger partial charge is 0.0594 e. The van der Waals surface area contributed by atoms with Gasteiger partial charge in [0.1, 0.15) is 0 Å². The SMILES string of the molecule is CN1CC[C@@]2(CCN(Cc3ccc(CCC(C)(C)O)cc3)C2)C1. The van der Waals surface area contributed by atoms with Crippen molar-refractivity contribution in [3.05, 3.63) is 35.4 Å². The molecule has 1 N–H and O–H groups in total. The summed E-state index contributed by atoms with van der Waals surface area (Å²) in [4.78, 5) is 5.12. The summed E-state index contributed by atoms with van der Waals surface area (Å²) in [6.45, 7) is 9.89. The molecule has 23 heavy (non-hydrogen) atoms. The highest BCUT2D eigenvalue weighted by Crippen LogP contribution is 2.39. The van der Waals surface area contributed by atoms with Gasteiger partial charge in [0.2, 0.25) is 0 Å². The van der Waals surface area contributed by atoms with E-state index in [-0.39, 0.29) is 0 Å². The minimum Gasteiger partial charge on any atom is -0.390 e. The van der Waals surface area contributed by atoms with Crippen molar-refractivity contribution >= 4 is 0 Å². The first kappa shape index (κ1) is 16.9. The monoisotopic (exact) mass is 316 g/mol. The molecule has 2 heterocycles. The molecule has 3 nitrogen and oxygen atoms in total. The molecule has 1 aromatic carbocycles. The normalized spacial score (nSPS) is 26.4. The Morgan fingerprint density at radius 1 is 1.04 bits per heavy atom. The molecule has 2 aliphatic rings. The number of aryl methyl sites for hydroxylation is 1.